The molecule has 4 aromatic rings. The summed E-state index contributed by atoms with van der Waals surface area (Å²) in [5.41, 5.74) is 3.65. The van der Waals surface area contributed by atoms with Gasteiger partial charge in [0.2, 0.25) is 0 Å². The van der Waals surface area contributed by atoms with Crippen molar-refractivity contribution >= 4 is 56.4 Å². The first-order chi connectivity index (χ1) is 16.4. The van der Waals surface area contributed by atoms with Crippen molar-refractivity contribution in [2.24, 2.45) is 0 Å². The molecule has 0 saturated heterocycles. The molecule has 0 aliphatic carbocycles. The standard InChI is InChI=1S/C26H26ClN5O2/c1-4-31-15-18(16-10-7-11-19(27)24(16)31)21-22(26(34)28-25(21)33)23-17-9-5-6-12-20(17)32(29-23)14-8-13-30(2)3/h5-7,9-12,15H,4,8,13-14H2,1-3H3,(H,28,33,34). The van der Waals surface area contributed by atoms with Gasteiger partial charge in [0, 0.05) is 35.6 Å². The van der Waals surface area contributed by atoms with Gasteiger partial charge in [-0.1, -0.05) is 41.9 Å². The molecule has 0 saturated carbocycles. The van der Waals surface area contributed by atoms with Crippen molar-refractivity contribution in [2.45, 2.75) is 26.4 Å². The number of halogens is 1. The predicted molar refractivity (Wildman–Crippen MR) is 135 cm³/mol. The minimum Gasteiger partial charge on any atom is -0.346 e. The van der Waals surface area contributed by atoms with Crippen LogP contribution in [-0.4, -0.2) is 51.7 Å². The molecule has 2 aromatic carbocycles. The monoisotopic (exact) mass is 475 g/mol. The Labute approximate surface area is 202 Å². The Kier molecular flexibility index (Phi) is 5.75. The molecule has 174 valence electrons. The molecule has 0 spiro atoms. The Morgan fingerprint density at radius 2 is 1.74 bits per heavy atom. The van der Waals surface area contributed by atoms with E-state index in [0.29, 0.717) is 40.5 Å². The zero-order chi connectivity index (χ0) is 24.0. The van der Waals surface area contributed by atoms with Gasteiger partial charge in [-0.15, -0.1) is 0 Å². The topological polar surface area (TPSA) is 72.2 Å². The summed E-state index contributed by atoms with van der Waals surface area (Å²) < 4.78 is 3.94. The number of hydrogen-bond acceptors (Lipinski definition) is 4. The summed E-state index contributed by atoms with van der Waals surface area (Å²) in [4.78, 5) is 28.4. The molecule has 0 bridgehead atoms. The smallest absolute Gasteiger partial charge is 0.261 e. The highest BCUT2D eigenvalue weighted by atomic mass is 35.5. The molecule has 34 heavy (non-hydrogen) atoms. The van der Waals surface area contributed by atoms with E-state index >= 15 is 0 Å². The fourth-order valence-corrected chi connectivity index (χ4v) is 5.00. The number of aryl methyl sites for hydroxylation is 2. The summed E-state index contributed by atoms with van der Waals surface area (Å²) in [6.07, 6.45) is 2.82. The number of carbonyl (C=O) groups is 2. The molecular weight excluding hydrogens is 450 g/mol. The molecule has 1 aliphatic rings. The third-order valence-corrected chi connectivity index (χ3v) is 6.57. The van der Waals surface area contributed by atoms with Crippen LogP contribution in [0.25, 0.3) is 33.0 Å². The molecule has 0 radical (unpaired) electrons. The van der Waals surface area contributed by atoms with Crippen molar-refractivity contribution in [3.05, 3.63) is 64.9 Å². The van der Waals surface area contributed by atoms with Gasteiger partial charge in [-0.05, 0) is 46.1 Å². The Morgan fingerprint density at radius 1 is 1.00 bits per heavy atom. The first-order valence-corrected chi connectivity index (χ1v) is 11.8. The second-order valence-corrected chi connectivity index (χ2v) is 9.15. The zero-order valence-electron chi connectivity index (χ0n) is 19.4. The number of rotatable bonds is 7. The molecule has 0 atom stereocenters. The zero-order valence-corrected chi connectivity index (χ0v) is 20.2. The number of amides is 2. The quantitative estimate of drug-likeness (QED) is 0.407. The van der Waals surface area contributed by atoms with E-state index in [4.69, 9.17) is 16.7 Å². The average Bonchev–Trinajstić information content (AvgIpc) is 3.45. The number of benzene rings is 2. The lowest BCUT2D eigenvalue weighted by Gasteiger charge is -2.09. The van der Waals surface area contributed by atoms with Gasteiger partial charge in [0.15, 0.2) is 0 Å². The minimum atomic E-state index is -0.428. The first kappa shape index (κ1) is 22.4. The molecule has 3 heterocycles. The number of carbonyl (C=O) groups excluding carboxylic acids is 2. The molecule has 0 unspecified atom stereocenters. The SMILES string of the molecule is CCn1cc(C2=C(c3nn(CCCN(C)C)c4ccccc34)C(=O)NC2=O)c2cccc(Cl)c21. The molecule has 1 aliphatic heterocycles. The lowest BCUT2D eigenvalue weighted by Crippen LogP contribution is -2.22. The minimum absolute atomic E-state index is 0.308. The van der Waals surface area contributed by atoms with E-state index in [2.05, 4.69) is 10.2 Å². The first-order valence-electron chi connectivity index (χ1n) is 11.4. The number of nitrogens with one attached hydrogen (secondary N) is 1. The molecule has 2 aromatic heterocycles. The van der Waals surface area contributed by atoms with Crippen LogP contribution in [0, 0.1) is 0 Å². The summed E-state index contributed by atoms with van der Waals surface area (Å²) >= 11 is 6.51. The number of hydrogen-bond donors (Lipinski definition) is 1. The number of fused-ring (bicyclic) bond motifs is 2. The van der Waals surface area contributed by atoms with Crippen molar-refractivity contribution in [2.75, 3.05) is 20.6 Å². The van der Waals surface area contributed by atoms with Gasteiger partial charge < -0.3 is 9.47 Å². The molecule has 0 fully saturated rings. The van der Waals surface area contributed by atoms with Crippen LogP contribution >= 0.6 is 11.6 Å². The Morgan fingerprint density at radius 3 is 2.50 bits per heavy atom. The summed E-state index contributed by atoms with van der Waals surface area (Å²) in [5, 5.41) is 9.64. The molecule has 5 rings (SSSR count). The van der Waals surface area contributed by atoms with Crippen LogP contribution in [0.1, 0.15) is 24.6 Å². The normalized spacial score (nSPS) is 14.3. The summed E-state index contributed by atoms with van der Waals surface area (Å²) in [6, 6.07) is 13.5. The van der Waals surface area contributed by atoms with Crippen molar-refractivity contribution < 1.29 is 9.59 Å². The van der Waals surface area contributed by atoms with Gasteiger partial charge in [-0.2, -0.15) is 5.10 Å². The molecule has 1 N–H and O–H groups in total. The fourth-order valence-electron chi connectivity index (χ4n) is 4.72. The van der Waals surface area contributed by atoms with Crippen molar-refractivity contribution in [1.29, 1.82) is 0 Å². The highest BCUT2D eigenvalue weighted by molar-refractivity contribution is 6.50. The number of para-hydroxylation sites is 2. The van der Waals surface area contributed by atoms with Crippen molar-refractivity contribution in [3.8, 4) is 0 Å². The average molecular weight is 476 g/mol. The third kappa shape index (κ3) is 3.61. The van der Waals surface area contributed by atoms with Gasteiger partial charge in [0.25, 0.3) is 11.8 Å². The van der Waals surface area contributed by atoms with E-state index in [1.807, 2.05) is 78.9 Å². The lowest BCUT2D eigenvalue weighted by atomic mass is 9.97. The molecular formula is C26H26ClN5O2. The predicted octanol–water partition coefficient (Wildman–Crippen LogP) is 4.18. The van der Waals surface area contributed by atoms with E-state index < -0.39 is 11.8 Å². The summed E-state index contributed by atoms with van der Waals surface area (Å²) in [7, 11) is 4.08. The molecule has 7 nitrogen and oxygen atoms in total. The maximum absolute atomic E-state index is 13.1. The van der Waals surface area contributed by atoms with E-state index in [0.717, 1.165) is 34.8 Å². The van der Waals surface area contributed by atoms with Crippen LogP contribution in [0.5, 0.6) is 0 Å². The highest BCUT2D eigenvalue weighted by Gasteiger charge is 2.36. The van der Waals surface area contributed by atoms with Gasteiger partial charge in [0.1, 0.15) is 5.69 Å². The van der Waals surface area contributed by atoms with Crippen LogP contribution in [0.4, 0.5) is 0 Å². The van der Waals surface area contributed by atoms with Gasteiger partial charge in [0.05, 0.1) is 27.2 Å². The maximum atomic E-state index is 13.1. The Hall–Kier alpha value is -3.42. The number of nitrogens with zero attached hydrogens (tertiary/aromatic N) is 4. The lowest BCUT2D eigenvalue weighted by molar-refractivity contribution is -0.122. The number of aromatic nitrogens is 3. The largest absolute Gasteiger partial charge is 0.346 e. The van der Waals surface area contributed by atoms with E-state index in [-0.39, 0.29) is 0 Å². The van der Waals surface area contributed by atoms with Crippen LogP contribution in [0.2, 0.25) is 5.02 Å². The molecule has 8 heteroatoms. The van der Waals surface area contributed by atoms with Crippen molar-refractivity contribution in [3.63, 3.8) is 0 Å². The molecule has 2 amide bonds. The van der Waals surface area contributed by atoms with Crippen LogP contribution in [0.15, 0.2) is 48.7 Å². The summed E-state index contributed by atoms with van der Waals surface area (Å²) in [6.45, 7) is 4.34. The summed E-state index contributed by atoms with van der Waals surface area (Å²) in [5.74, 6) is -0.843. The van der Waals surface area contributed by atoms with Gasteiger partial charge >= 0.3 is 0 Å². The maximum Gasteiger partial charge on any atom is 0.261 e. The van der Waals surface area contributed by atoms with Crippen LogP contribution in [-0.2, 0) is 22.7 Å². The highest BCUT2D eigenvalue weighted by Crippen LogP contribution is 2.39. The van der Waals surface area contributed by atoms with Crippen LogP contribution in [0.3, 0.4) is 0 Å². The third-order valence-electron chi connectivity index (χ3n) is 6.26. The van der Waals surface area contributed by atoms with E-state index in [1.54, 1.807) is 0 Å². The Bertz CT molecular complexity index is 1480. The van der Waals surface area contributed by atoms with Crippen molar-refractivity contribution in [1.82, 2.24) is 24.6 Å². The second-order valence-electron chi connectivity index (χ2n) is 8.74. The van der Waals surface area contributed by atoms with Gasteiger partial charge in [-0.3, -0.25) is 19.6 Å². The second kappa shape index (κ2) is 8.74. The van der Waals surface area contributed by atoms with E-state index in [1.165, 1.54) is 0 Å². The fraction of sp³-hybridized carbons (Fsp3) is 0.269. The number of imide groups is 1. The van der Waals surface area contributed by atoms with Gasteiger partial charge in [-0.25, -0.2) is 0 Å². The Balaban J connectivity index is 1.74. The van der Waals surface area contributed by atoms with Crippen LogP contribution < -0.4 is 5.32 Å². The van der Waals surface area contributed by atoms with E-state index in [9.17, 15) is 9.59 Å².